The van der Waals surface area contributed by atoms with E-state index in [-0.39, 0.29) is 11.6 Å². The summed E-state index contributed by atoms with van der Waals surface area (Å²) in [5, 5.41) is 6.90. The van der Waals surface area contributed by atoms with Crippen molar-refractivity contribution in [3.63, 3.8) is 0 Å². The zero-order valence-corrected chi connectivity index (χ0v) is 21.6. The summed E-state index contributed by atoms with van der Waals surface area (Å²) in [6.45, 7) is 12.4. The fourth-order valence-corrected chi connectivity index (χ4v) is 4.93. The van der Waals surface area contributed by atoms with Gasteiger partial charge in [-0.3, -0.25) is 9.59 Å². The lowest BCUT2D eigenvalue weighted by Gasteiger charge is -2.24. The minimum absolute atomic E-state index is 0.138. The van der Waals surface area contributed by atoms with Crippen LogP contribution in [0, 0.1) is 41.5 Å². The number of anilines is 4. The van der Waals surface area contributed by atoms with Crippen LogP contribution in [0.2, 0.25) is 0 Å². The van der Waals surface area contributed by atoms with Gasteiger partial charge < -0.3 is 10.6 Å². The maximum absolute atomic E-state index is 14.1. The van der Waals surface area contributed by atoms with E-state index in [0.717, 1.165) is 33.6 Å². The third-order valence-corrected chi connectivity index (χ3v) is 7.29. The highest BCUT2D eigenvalue weighted by Gasteiger charge is 2.33. The molecule has 5 rings (SSSR count). The molecule has 4 aromatic carbocycles. The molecule has 1 aliphatic carbocycles. The molecule has 0 saturated heterocycles. The number of benzene rings is 4. The van der Waals surface area contributed by atoms with Gasteiger partial charge in [-0.2, -0.15) is 0 Å². The summed E-state index contributed by atoms with van der Waals surface area (Å²) in [5.41, 5.74) is 11.7. The quantitative estimate of drug-likeness (QED) is 0.279. The highest BCUT2D eigenvalue weighted by molar-refractivity contribution is 6.32. The van der Waals surface area contributed by atoms with Crippen molar-refractivity contribution >= 4 is 34.3 Å². The lowest BCUT2D eigenvalue weighted by atomic mass is 9.82. The predicted molar refractivity (Wildman–Crippen MR) is 148 cm³/mol. The highest BCUT2D eigenvalue weighted by Crippen LogP contribution is 2.38. The van der Waals surface area contributed by atoms with Gasteiger partial charge in [0.25, 0.3) is 0 Å². The van der Waals surface area contributed by atoms with E-state index in [1.807, 2.05) is 38.1 Å². The van der Waals surface area contributed by atoms with E-state index >= 15 is 0 Å². The van der Waals surface area contributed by atoms with Crippen molar-refractivity contribution in [3.05, 3.63) is 116 Å². The summed E-state index contributed by atoms with van der Waals surface area (Å²) >= 11 is 0. The van der Waals surface area contributed by atoms with Gasteiger partial charge in [0.05, 0.1) is 22.5 Å². The topological polar surface area (TPSA) is 58.2 Å². The van der Waals surface area contributed by atoms with E-state index in [9.17, 15) is 9.59 Å². The SMILES string of the molecule is Cc1cc(C)c(Nc2cccc3c2C(=O)c2c(Nc4cc(C)c(C)cc4C)cccc2C3=O)cc1C. The second-order valence-corrected chi connectivity index (χ2v) is 9.87. The van der Waals surface area contributed by atoms with Crippen LogP contribution in [0.3, 0.4) is 0 Å². The Morgan fingerprint density at radius 2 is 0.833 bits per heavy atom. The van der Waals surface area contributed by atoms with Gasteiger partial charge in [-0.15, -0.1) is 0 Å². The van der Waals surface area contributed by atoms with Crippen molar-refractivity contribution in [2.24, 2.45) is 0 Å². The van der Waals surface area contributed by atoms with Gasteiger partial charge in [0.2, 0.25) is 0 Å². The Bertz CT molecular complexity index is 1470. The molecule has 0 fully saturated rings. The van der Waals surface area contributed by atoms with E-state index in [4.69, 9.17) is 0 Å². The molecular formula is C32H30N2O2. The van der Waals surface area contributed by atoms with Crippen molar-refractivity contribution in [2.75, 3.05) is 10.6 Å². The number of fused-ring (bicyclic) bond motifs is 2. The molecule has 0 atom stereocenters. The fourth-order valence-electron chi connectivity index (χ4n) is 4.93. The first kappa shape index (κ1) is 23.6. The van der Waals surface area contributed by atoms with Gasteiger partial charge in [-0.1, -0.05) is 36.4 Å². The Hall–Kier alpha value is -4.18. The number of carbonyl (C=O) groups is 2. The third kappa shape index (κ3) is 3.89. The van der Waals surface area contributed by atoms with Crippen LogP contribution < -0.4 is 10.6 Å². The Balaban J connectivity index is 1.61. The highest BCUT2D eigenvalue weighted by atomic mass is 16.1. The van der Waals surface area contributed by atoms with E-state index in [1.54, 1.807) is 12.1 Å². The van der Waals surface area contributed by atoms with Gasteiger partial charge in [0.1, 0.15) is 0 Å². The van der Waals surface area contributed by atoms with Crippen LogP contribution >= 0.6 is 0 Å². The van der Waals surface area contributed by atoms with Crippen molar-refractivity contribution in [3.8, 4) is 0 Å². The van der Waals surface area contributed by atoms with E-state index in [0.29, 0.717) is 33.6 Å². The second-order valence-electron chi connectivity index (χ2n) is 9.87. The summed E-state index contributed by atoms with van der Waals surface area (Å²) in [6.07, 6.45) is 0. The van der Waals surface area contributed by atoms with Crippen molar-refractivity contribution in [1.82, 2.24) is 0 Å². The lowest BCUT2D eigenvalue weighted by Crippen LogP contribution is -2.23. The van der Waals surface area contributed by atoms with Gasteiger partial charge in [0, 0.05) is 22.5 Å². The van der Waals surface area contributed by atoms with Crippen LogP contribution in [-0.2, 0) is 0 Å². The standard InChI is InChI=1S/C32H30N2O2/c1-17-13-21(5)27(15-19(17)3)33-25-11-7-9-23-29(25)32(36)30-24(31(23)35)10-8-12-26(30)34-28-16-20(4)18(2)14-22(28)6/h7-16,33-34H,1-6H3. The molecule has 0 radical (unpaired) electrons. The number of hydrogen-bond acceptors (Lipinski definition) is 4. The van der Waals surface area contributed by atoms with E-state index in [1.165, 1.54) is 11.1 Å². The number of nitrogens with one attached hydrogen (secondary N) is 2. The molecule has 0 aliphatic heterocycles. The molecule has 0 saturated carbocycles. The molecule has 36 heavy (non-hydrogen) atoms. The molecule has 1 aliphatic rings. The summed E-state index contributed by atoms with van der Waals surface area (Å²) in [4.78, 5) is 27.6. The van der Waals surface area contributed by atoms with Crippen LogP contribution in [-0.4, -0.2) is 11.6 Å². The minimum Gasteiger partial charge on any atom is -0.355 e. The maximum Gasteiger partial charge on any atom is 0.198 e. The lowest BCUT2D eigenvalue weighted by molar-refractivity contribution is 0.0980. The van der Waals surface area contributed by atoms with Gasteiger partial charge in [-0.05, 0) is 99.2 Å². The molecule has 180 valence electrons. The largest absolute Gasteiger partial charge is 0.355 e. The third-order valence-electron chi connectivity index (χ3n) is 7.29. The first-order valence-corrected chi connectivity index (χ1v) is 12.2. The van der Waals surface area contributed by atoms with Crippen molar-refractivity contribution in [2.45, 2.75) is 41.5 Å². The Morgan fingerprint density at radius 3 is 1.25 bits per heavy atom. The summed E-state index contributed by atoms with van der Waals surface area (Å²) in [6, 6.07) is 19.3. The van der Waals surface area contributed by atoms with Crippen LogP contribution in [0.25, 0.3) is 0 Å². The predicted octanol–water partition coefficient (Wildman–Crippen LogP) is 7.80. The zero-order chi connectivity index (χ0) is 25.7. The Labute approximate surface area is 212 Å². The number of rotatable bonds is 4. The van der Waals surface area contributed by atoms with Gasteiger partial charge in [0.15, 0.2) is 11.6 Å². The number of carbonyl (C=O) groups excluding carboxylic acids is 2. The first-order chi connectivity index (χ1) is 17.2. The second kappa shape index (κ2) is 8.80. The fraction of sp³-hybridized carbons (Fsp3) is 0.188. The molecule has 0 aromatic heterocycles. The minimum atomic E-state index is -0.159. The Kier molecular flexibility index (Phi) is 5.76. The zero-order valence-electron chi connectivity index (χ0n) is 21.6. The van der Waals surface area contributed by atoms with Crippen LogP contribution in [0.5, 0.6) is 0 Å². The molecular weight excluding hydrogens is 444 g/mol. The van der Waals surface area contributed by atoms with Crippen molar-refractivity contribution < 1.29 is 9.59 Å². The average molecular weight is 475 g/mol. The number of aryl methyl sites for hydroxylation is 6. The van der Waals surface area contributed by atoms with Crippen LogP contribution in [0.4, 0.5) is 22.7 Å². The molecule has 4 heteroatoms. The van der Waals surface area contributed by atoms with Crippen LogP contribution in [0.15, 0.2) is 60.7 Å². The molecule has 0 amide bonds. The van der Waals surface area contributed by atoms with Gasteiger partial charge >= 0.3 is 0 Å². The molecule has 0 bridgehead atoms. The van der Waals surface area contributed by atoms with Crippen molar-refractivity contribution in [1.29, 1.82) is 0 Å². The average Bonchev–Trinajstić information content (AvgIpc) is 2.84. The molecule has 2 N–H and O–H groups in total. The smallest absolute Gasteiger partial charge is 0.198 e. The Morgan fingerprint density at radius 1 is 0.444 bits per heavy atom. The molecule has 0 unspecified atom stereocenters. The molecule has 0 spiro atoms. The maximum atomic E-state index is 14.1. The summed E-state index contributed by atoms with van der Waals surface area (Å²) < 4.78 is 0. The normalized spacial score (nSPS) is 12.3. The van der Waals surface area contributed by atoms with E-state index in [2.05, 4.69) is 62.6 Å². The molecule has 4 nitrogen and oxygen atoms in total. The molecule has 4 aromatic rings. The first-order valence-electron chi connectivity index (χ1n) is 12.2. The summed E-state index contributed by atoms with van der Waals surface area (Å²) in [7, 11) is 0. The summed E-state index contributed by atoms with van der Waals surface area (Å²) in [5.74, 6) is -0.297. The number of ketones is 2. The monoisotopic (exact) mass is 474 g/mol. The van der Waals surface area contributed by atoms with Gasteiger partial charge in [-0.25, -0.2) is 0 Å². The van der Waals surface area contributed by atoms with Crippen LogP contribution in [0.1, 0.15) is 65.2 Å². The van der Waals surface area contributed by atoms with E-state index < -0.39 is 0 Å². The number of hydrogen-bond donors (Lipinski definition) is 2. The molecule has 0 heterocycles.